The van der Waals surface area contributed by atoms with E-state index in [1.165, 1.54) is 0 Å². The first kappa shape index (κ1) is 14.3. The average Bonchev–Trinajstić information content (AvgIpc) is 2.51. The molecule has 2 fully saturated rings. The number of hydrogen-bond acceptors (Lipinski definition) is 3. The Morgan fingerprint density at radius 2 is 1.62 bits per heavy atom. The monoisotopic (exact) mass is 286 g/mol. The van der Waals surface area contributed by atoms with Gasteiger partial charge in [-0.3, -0.25) is 9.59 Å². The number of carbonyl (C=O) groups is 2. The molecule has 0 radical (unpaired) electrons. The van der Waals surface area contributed by atoms with E-state index in [4.69, 9.17) is 4.74 Å². The van der Waals surface area contributed by atoms with Gasteiger partial charge >= 0.3 is 5.97 Å². The second-order valence-corrected chi connectivity index (χ2v) is 6.89. The molecule has 1 aliphatic carbocycles. The predicted octanol–water partition coefficient (Wildman–Crippen LogP) is 3.83. The molecule has 112 valence electrons. The van der Waals surface area contributed by atoms with Crippen molar-refractivity contribution in [2.75, 3.05) is 0 Å². The molecule has 0 N–H and O–H groups in total. The minimum Gasteiger partial charge on any atom is -0.456 e. The zero-order valence-corrected chi connectivity index (χ0v) is 12.7. The van der Waals surface area contributed by atoms with Crippen LogP contribution in [-0.4, -0.2) is 11.8 Å². The molecule has 0 amide bonds. The highest BCUT2D eigenvalue weighted by Crippen LogP contribution is 2.52. The van der Waals surface area contributed by atoms with Gasteiger partial charge in [0.15, 0.2) is 5.78 Å². The van der Waals surface area contributed by atoms with Crippen LogP contribution in [0.2, 0.25) is 0 Å². The zero-order chi connectivity index (χ0) is 15.1. The van der Waals surface area contributed by atoms with Crippen LogP contribution in [0.4, 0.5) is 0 Å². The topological polar surface area (TPSA) is 43.4 Å². The molecule has 3 heteroatoms. The molecule has 3 rings (SSSR count). The number of cyclic esters (lactones) is 1. The molecule has 1 aromatic rings. The zero-order valence-electron chi connectivity index (χ0n) is 12.7. The molecule has 3 nitrogen and oxygen atoms in total. The number of hydrogen-bond donors (Lipinski definition) is 0. The van der Waals surface area contributed by atoms with Gasteiger partial charge in [0.2, 0.25) is 0 Å². The lowest BCUT2D eigenvalue weighted by molar-refractivity contribution is -0.192. The van der Waals surface area contributed by atoms with Crippen molar-refractivity contribution in [1.82, 2.24) is 0 Å². The number of rotatable bonds is 1. The van der Waals surface area contributed by atoms with Crippen molar-refractivity contribution in [3.05, 3.63) is 35.9 Å². The van der Waals surface area contributed by atoms with Crippen molar-refractivity contribution in [1.29, 1.82) is 0 Å². The number of ether oxygens (including phenoxy) is 1. The van der Waals surface area contributed by atoms with Gasteiger partial charge in [-0.25, -0.2) is 0 Å². The van der Waals surface area contributed by atoms with Gasteiger partial charge in [0.05, 0.1) is 5.41 Å². The van der Waals surface area contributed by atoms with Crippen molar-refractivity contribution < 1.29 is 14.3 Å². The van der Waals surface area contributed by atoms with Gasteiger partial charge in [-0.15, -0.1) is 0 Å². The summed E-state index contributed by atoms with van der Waals surface area (Å²) >= 11 is 0. The van der Waals surface area contributed by atoms with Gasteiger partial charge in [-0.05, 0) is 32.3 Å². The van der Waals surface area contributed by atoms with Gasteiger partial charge < -0.3 is 4.74 Å². The van der Waals surface area contributed by atoms with Gasteiger partial charge in [-0.2, -0.15) is 0 Å². The van der Waals surface area contributed by atoms with E-state index < -0.39 is 16.9 Å². The Hall–Kier alpha value is -1.64. The Balaban J connectivity index is 1.99. The fourth-order valence-corrected chi connectivity index (χ4v) is 3.89. The number of carbonyl (C=O) groups excluding carboxylic acids is 2. The first-order chi connectivity index (χ1) is 9.98. The van der Waals surface area contributed by atoms with E-state index in [9.17, 15) is 9.59 Å². The SMILES string of the molecule is CC1(C)C(=O)C2(CCCCC2)C(=O)O[C@H]1c1ccccc1. The molecule has 1 atom stereocenters. The highest BCUT2D eigenvalue weighted by atomic mass is 16.5. The van der Waals surface area contributed by atoms with Crippen molar-refractivity contribution in [2.45, 2.75) is 52.1 Å². The highest BCUT2D eigenvalue weighted by molar-refractivity contribution is 6.08. The molecule has 0 bridgehead atoms. The number of benzene rings is 1. The first-order valence-electron chi connectivity index (χ1n) is 7.79. The van der Waals surface area contributed by atoms with Crippen molar-refractivity contribution in [3.63, 3.8) is 0 Å². The molecule has 1 aromatic carbocycles. The van der Waals surface area contributed by atoms with Crippen LogP contribution < -0.4 is 0 Å². The summed E-state index contributed by atoms with van der Waals surface area (Å²) in [6.07, 6.45) is 3.79. The molecule has 0 unspecified atom stereocenters. The standard InChI is InChI=1S/C18H22O3/c1-17(2)14(13-9-5-3-6-10-13)21-16(20)18(15(17)19)11-7-4-8-12-18/h3,5-6,9-10,14H,4,7-8,11-12H2,1-2H3/t14-/m0/s1. The maximum absolute atomic E-state index is 13.1. The summed E-state index contributed by atoms with van der Waals surface area (Å²) in [5, 5.41) is 0. The minimum absolute atomic E-state index is 0.0693. The largest absolute Gasteiger partial charge is 0.456 e. The molecule has 1 aliphatic heterocycles. The summed E-state index contributed by atoms with van der Waals surface area (Å²) in [6, 6.07) is 9.59. The second-order valence-electron chi connectivity index (χ2n) is 6.89. The third-order valence-electron chi connectivity index (χ3n) is 5.10. The van der Waals surface area contributed by atoms with Crippen molar-refractivity contribution in [3.8, 4) is 0 Å². The van der Waals surface area contributed by atoms with E-state index >= 15 is 0 Å². The summed E-state index contributed by atoms with van der Waals surface area (Å²) in [4.78, 5) is 25.7. The van der Waals surface area contributed by atoms with Crippen LogP contribution in [0, 0.1) is 10.8 Å². The molecule has 2 aliphatic rings. The number of ketones is 1. The van der Waals surface area contributed by atoms with Gasteiger partial charge in [0.1, 0.15) is 11.5 Å². The predicted molar refractivity (Wildman–Crippen MR) is 79.6 cm³/mol. The first-order valence-corrected chi connectivity index (χ1v) is 7.79. The third-order valence-corrected chi connectivity index (χ3v) is 5.10. The quantitative estimate of drug-likeness (QED) is 0.582. The van der Waals surface area contributed by atoms with Crippen LogP contribution in [0.1, 0.15) is 57.6 Å². The van der Waals surface area contributed by atoms with Gasteiger partial charge in [-0.1, -0.05) is 49.6 Å². The van der Waals surface area contributed by atoms with Crippen LogP contribution in [0.3, 0.4) is 0 Å². The number of esters is 1. The van der Waals surface area contributed by atoms with E-state index in [0.29, 0.717) is 12.8 Å². The molecule has 0 aromatic heterocycles. The summed E-state index contributed by atoms with van der Waals surface area (Å²) in [5.74, 6) is -0.236. The Morgan fingerprint density at radius 1 is 1.00 bits per heavy atom. The summed E-state index contributed by atoms with van der Waals surface area (Å²) in [7, 11) is 0. The van der Waals surface area contributed by atoms with Crippen LogP contribution in [0.5, 0.6) is 0 Å². The van der Waals surface area contributed by atoms with E-state index in [1.807, 2.05) is 44.2 Å². The molecule has 1 spiro atoms. The van der Waals surface area contributed by atoms with Crippen molar-refractivity contribution >= 4 is 11.8 Å². The van der Waals surface area contributed by atoms with E-state index in [0.717, 1.165) is 24.8 Å². The van der Waals surface area contributed by atoms with E-state index in [-0.39, 0.29) is 11.8 Å². The molecular weight excluding hydrogens is 264 g/mol. The van der Waals surface area contributed by atoms with E-state index in [1.54, 1.807) is 0 Å². The smallest absolute Gasteiger partial charge is 0.320 e. The highest BCUT2D eigenvalue weighted by Gasteiger charge is 2.60. The lowest BCUT2D eigenvalue weighted by Gasteiger charge is -2.47. The third kappa shape index (κ3) is 2.10. The summed E-state index contributed by atoms with van der Waals surface area (Å²) < 4.78 is 5.79. The minimum atomic E-state index is -0.882. The Labute approximate surface area is 125 Å². The van der Waals surface area contributed by atoms with Crippen LogP contribution in [-0.2, 0) is 14.3 Å². The van der Waals surface area contributed by atoms with Crippen LogP contribution in [0.15, 0.2) is 30.3 Å². The van der Waals surface area contributed by atoms with Gasteiger partial charge in [0, 0.05) is 0 Å². The lowest BCUT2D eigenvalue weighted by atomic mass is 9.60. The summed E-state index contributed by atoms with van der Waals surface area (Å²) in [5.41, 5.74) is -0.658. The fraction of sp³-hybridized carbons (Fsp3) is 0.556. The Kier molecular flexibility index (Phi) is 3.39. The van der Waals surface area contributed by atoms with Crippen LogP contribution >= 0.6 is 0 Å². The fourth-order valence-electron chi connectivity index (χ4n) is 3.89. The maximum Gasteiger partial charge on any atom is 0.320 e. The Bertz CT molecular complexity index is 553. The molecule has 21 heavy (non-hydrogen) atoms. The maximum atomic E-state index is 13.1. The molecule has 1 saturated carbocycles. The molecular formula is C18H22O3. The lowest BCUT2D eigenvalue weighted by Crippen LogP contribution is -2.55. The Morgan fingerprint density at radius 3 is 2.24 bits per heavy atom. The number of Topliss-reactive ketones (excluding diaryl/α,β-unsaturated/α-hetero) is 1. The average molecular weight is 286 g/mol. The van der Waals surface area contributed by atoms with Crippen LogP contribution in [0.25, 0.3) is 0 Å². The van der Waals surface area contributed by atoms with Crippen molar-refractivity contribution in [2.24, 2.45) is 10.8 Å². The molecule has 1 saturated heterocycles. The van der Waals surface area contributed by atoms with E-state index in [2.05, 4.69) is 0 Å². The van der Waals surface area contributed by atoms with Gasteiger partial charge in [0.25, 0.3) is 0 Å². The summed E-state index contributed by atoms with van der Waals surface area (Å²) in [6.45, 7) is 3.82. The second kappa shape index (κ2) is 4.97. The normalized spacial score (nSPS) is 27.4. The molecule has 1 heterocycles.